The van der Waals surface area contributed by atoms with Crippen molar-refractivity contribution in [3.8, 4) is 0 Å². The Morgan fingerprint density at radius 2 is 2.15 bits per heavy atom. The Morgan fingerprint density at radius 1 is 1.35 bits per heavy atom. The van der Waals surface area contributed by atoms with Crippen LogP contribution in [-0.4, -0.2) is 16.3 Å². The molecule has 0 saturated heterocycles. The first kappa shape index (κ1) is 15.3. The highest BCUT2D eigenvalue weighted by molar-refractivity contribution is 9.10. The average molecular weight is 336 g/mol. The normalized spacial score (nSPS) is 12.6. The molecule has 0 fully saturated rings. The van der Waals surface area contributed by atoms with Crippen molar-refractivity contribution in [1.29, 1.82) is 0 Å². The molecule has 0 amide bonds. The van der Waals surface area contributed by atoms with Crippen molar-refractivity contribution in [2.75, 3.05) is 6.54 Å². The Hall–Kier alpha value is -1.13. The van der Waals surface area contributed by atoms with E-state index in [4.69, 9.17) is 0 Å². The Morgan fingerprint density at radius 3 is 2.80 bits per heavy atom. The first-order chi connectivity index (χ1) is 9.63. The van der Waals surface area contributed by atoms with Crippen molar-refractivity contribution in [2.45, 2.75) is 32.7 Å². The van der Waals surface area contributed by atoms with E-state index in [0.29, 0.717) is 6.04 Å². The summed E-state index contributed by atoms with van der Waals surface area (Å²) in [4.78, 5) is 0. The molecule has 1 aromatic carbocycles. The molecule has 0 bridgehead atoms. The zero-order chi connectivity index (χ0) is 14.5. The van der Waals surface area contributed by atoms with E-state index in [-0.39, 0.29) is 0 Å². The van der Waals surface area contributed by atoms with Gasteiger partial charge in [-0.15, -0.1) is 0 Å². The van der Waals surface area contributed by atoms with Crippen LogP contribution in [0.25, 0.3) is 0 Å². The fourth-order valence-corrected chi connectivity index (χ4v) is 2.94. The second kappa shape index (κ2) is 7.04. The molecule has 1 atom stereocenters. The molecule has 0 spiro atoms. The molecule has 0 radical (unpaired) electrons. The van der Waals surface area contributed by atoms with E-state index in [1.165, 1.54) is 21.3 Å². The van der Waals surface area contributed by atoms with Gasteiger partial charge < -0.3 is 5.32 Å². The molecule has 0 saturated carbocycles. The van der Waals surface area contributed by atoms with Gasteiger partial charge in [0.05, 0.1) is 0 Å². The second-order valence-electron chi connectivity index (χ2n) is 5.05. The zero-order valence-electron chi connectivity index (χ0n) is 12.4. The second-order valence-corrected chi connectivity index (χ2v) is 5.90. The highest BCUT2D eigenvalue weighted by Gasteiger charge is 2.14. The molecular formula is C16H22BrN3. The Bertz CT molecular complexity index is 563. The van der Waals surface area contributed by atoms with E-state index in [2.05, 4.69) is 64.5 Å². The monoisotopic (exact) mass is 335 g/mol. The topological polar surface area (TPSA) is 29.9 Å². The molecule has 3 nitrogen and oxygen atoms in total. The fourth-order valence-electron chi connectivity index (χ4n) is 2.55. The predicted molar refractivity (Wildman–Crippen MR) is 86.8 cm³/mol. The molecule has 4 heteroatoms. The maximum atomic E-state index is 4.23. The van der Waals surface area contributed by atoms with Gasteiger partial charge in [0.25, 0.3) is 0 Å². The number of rotatable bonds is 6. The number of benzene rings is 1. The van der Waals surface area contributed by atoms with Crippen molar-refractivity contribution < 1.29 is 0 Å². The van der Waals surface area contributed by atoms with Gasteiger partial charge in [0.2, 0.25) is 0 Å². The Kier molecular flexibility index (Phi) is 5.38. The van der Waals surface area contributed by atoms with Gasteiger partial charge in [0.1, 0.15) is 0 Å². The van der Waals surface area contributed by atoms with Gasteiger partial charge in [-0.3, -0.25) is 4.68 Å². The summed E-state index contributed by atoms with van der Waals surface area (Å²) in [7, 11) is 2.00. The van der Waals surface area contributed by atoms with E-state index in [9.17, 15) is 0 Å². The number of hydrogen-bond donors (Lipinski definition) is 1. The summed E-state index contributed by atoms with van der Waals surface area (Å²) in [5, 5.41) is 7.83. The molecule has 20 heavy (non-hydrogen) atoms. The van der Waals surface area contributed by atoms with Crippen LogP contribution in [0.4, 0.5) is 0 Å². The van der Waals surface area contributed by atoms with Gasteiger partial charge in [-0.1, -0.05) is 35.0 Å². The third-order valence-electron chi connectivity index (χ3n) is 3.75. The highest BCUT2D eigenvalue weighted by Crippen LogP contribution is 2.27. The van der Waals surface area contributed by atoms with E-state index < -0.39 is 0 Å². The van der Waals surface area contributed by atoms with Crippen LogP contribution in [0.1, 0.15) is 36.2 Å². The van der Waals surface area contributed by atoms with Crippen LogP contribution in [0.15, 0.2) is 34.9 Å². The van der Waals surface area contributed by atoms with Crippen molar-refractivity contribution in [1.82, 2.24) is 15.1 Å². The number of nitrogens with one attached hydrogen (secondary N) is 1. The van der Waals surface area contributed by atoms with E-state index in [1.807, 2.05) is 17.9 Å². The first-order valence-corrected chi connectivity index (χ1v) is 7.88. The van der Waals surface area contributed by atoms with Crippen LogP contribution in [0.5, 0.6) is 0 Å². The maximum absolute atomic E-state index is 4.23. The molecule has 2 rings (SSSR count). The minimum absolute atomic E-state index is 0.382. The van der Waals surface area contributed by atoms with Crippen LogP contribution >= 0.6 is 15.9 Å². The summed E-state index contributed by atoms with van der Waals surface area (Å²) in [6, 6.07) is 8.91. The number of aromatic nitrogens is 2. The van der Waals surface area contributed by atoms with Crippen LogP contribution in [0.3, 0.4) is 0 Å². The van der Waals surface area contributed by atoms with Gasteiger partial charge in [-0.2, -0.15) is 5.10 Å². The number of aryl methyl sites for hydroxylation is 2. The SMILES string of the molecule is CCNC(CCc1ccnn1C)c1cccc(Br)c1C. The molecule has 1 heterocycles. The van der Waals surface area contributed by atoms with Crippen LogP contribution in [0, 0.1) is 6.92 Å². The lowest BCUT2D eigenvalue weighted by Crippen LogP contribution is -2.22. The van der Waals surface area contributed by atoms with Crippen LogP contribution in [0.2, 0.25) is 0 Å². The number of halogens is 1. The summed E-state index contributed by atoms with van der Waals surface area (Å²) in [5.74, 6) is 0. The third kappa shape index (κ3) is 3.49. The lowest BCUT2D eigenvalue weighted by Gasteiger charge is -2.21. The maximum Gasteiger partial charge on any atom is 0.0492 e. The van der Waals surface area contributed by atoms with Crippen molar-refractivity contribution in [2.24, 2.45) is 7.05 Å². The van der Waals surface area contributed by atoms with E-state index >= 15 is 0 Å². The van der Waals surface area contributed by atoms with Crippen molar-refractivity contribution >= 4 is 15.9 Å². The zero-order valence-corrected chi connectivity index (χ0v) is 13.9. The summed E-state index contributed by atoms with van der Waals surface area (Å²) in [5.41, 5.74) is 3.98. The van der Waals surface area contributed by atoms with Gasteiger partial charge >= 0.3 is 0 Å². The molecular weight excluding hydrogens is 314 g/mol. The standard InChI is InChI=1S/C16H22BrN3/c1-4-18-16(9-8-13-10-11-19-20(13)3)14-6-5-7-15(17)12(14)2/h5-7,10-11,16,18H,4,8-9H2,1-3H3. The van der Waals surface area contributed by atoms with Gasteiger partial charge in [0.15, 0.2) is 0 Å². The minimum Gasteiger partial charge on any atom is -0.310 e. The van der Waals surface area contributed by atoms with Gasteiger partial charge in [-0.05, 0) is 49.6 Å². The van der Waals surface area contributed by atoms with Crippen LogP contribution < -0.4 is 5.32 Å². The van der Waals surface area contributed by atoms with Crippen molar-refractivity contribution in [3.05, 3.63) is 51.8 Å². The molecule has 0 aliphatic rings. The molecule has 0 aliphatic heterocycles. The Balaban J connectivity index is 2.14. The molecule has 1 unspecified atom stereocenters. The molecule has 108 valence electrons. The van der Waals surface area contributed by atoms with E-state index in [1.54, 1.807) is 0 Å². The Labute approximate surface area is 129 Å². The minimum atomic E-state index is 0.382. The smallest absolute Gasteiger partial charge is 0.0492 e. The van der Waals surface area contributed by atoms with Crippen LogP contribution in [-0.2, 0) is 13.5 Å². The molecule has 1 N–H and O–H groups in total. The number of nitrogens with zero attached hydrogens (tertiary/aromatic N) is 2. The fraction of sp³-hybridized carbons (Fsp3) is 0.438. The highest BCUT2D eigenvalue weighted by atomic mass is 79.9. The molecule has 1 aromatic heterocycles. The summed E-state index contributed by atoms with van der Waals surface area (Å²) in [6.07, 6.45) is 3.97. The summed E-state index contributed by atoms with van der Waals surface area (Å²) in [6.45, 7) is 5.31. The first-order valence-electron chi connectivity index (χ1n) is 7.08. The quantitative estimate of drug-likeness (QED) is 0.870. The molecule has 2 aromatic rings. The summed E-state index contributed by atoms with van der Waals surface area (Å²) < 4.78 is 3.13. The predicted octanol–water partition coefficient (Wildman–Crippen LogP) is 3.77. The largest absolute Gasteiger partial charge is 0.310 e. The van der Waals surface area contributed by atoms with Gasteiger partial charge in [-0.25, -0.2) is 0 Å². The number of hydrogen-bond acceptors (Lipinski definition) is 2. The van der Waals surface area contributed by atoms with Crippen molar-refractivity contribution in [3.63, 3.8) is 0 Å². The van der Waals surface area contributed by atoms with Gasteiger partial charge in [0, 0.05) is 29.5 Å². The molecule has 0 aliphatic carbocycles. The third-order valence-corrected chi connectivity index (χ3v) is 4.61. The average Bonchev–Trinajstić information content (AvgIpc) is 2.84. The lowest BCUT2D eigenvalue weighted by atomic mass is 9.97. The summed E-state index contributed by atoms with van der Waals surface area (Å²) >= 11 is 3.63. The van der Waals surface area contributed by atoms with E-state index in [0.717, 1.165) is 19.4 Å². The lowest BCUT2D eigenvalue weighted by molar-refractivity contribution is 0.504.